The molecule has 0 atom stereocenters. The molecule has 38 heavy (non-hydrogen) atoms. The standard InChI is InChI=1S/C31H23N3O4/c35-30(33-24-16-7-9-20-28(24)37-22-12-3-1-4-13-22)26-18-11-19-27(32-26)31(36)34-25-17-8-10-21-29(25)38-23-14-5-2-6-15-23/h1-21H,(H,33,35)(H,34,36). The van der Waals surface area contributed by atoms with Gasteiger partial charge in [-0.15, -0.1) is 0 Å². The van der Waals surface area contributed by atoms with Crippen LogP contribution in [0.5, 0.6) is 23.0 Å². The summed E-state index contributed by atoms with van der Waals surface area (Å²) in [6, 6.07) is 37.4. The molecule has 0 saturated heterocycles. The maximum absolute atomic E-state index is 13.0. The molecule has 1 heterocycles. The molecule has 2 N–H and O–H groups in total. The number of hydrogen-bond donors (Lipinski definition) is 2. The van der Waals surface area contributed by atoms with Crippen LogP contribution in [-0.4, -0.2) is 16.8 Å². The van der Waals surface area contributed by atoms with Crippen LogP contribution in [0.3, 0.4) is 0 Å². The number of benzene rings is 4. The fraction of sp³-hybridized carbons (Fsp3) is 0. The van der Waals surface area contributed by atoms with Gasteiger partial charge in [0.1, 0.15) is 22.9 Å². The van der Waals surface area contributed by atoms with Crippen LogP contribution < -0.4 is 20.1 Å². The van der Waals surface area contributed by atoms with Gasteiger partial charge < -0.3 is 20.1 Å². The molecule has 1 aromatic heterocycles. The highest BCUT2D eigenvalue weighted by atomic mass is 16.5. The third-order valence-corrected chi connectivity index (χ3v) is 5.43. The van der Waals surface area contributed by atoms with E-state index in [4.69, 9.17) is 9.47 Å². The average molecular weight is 502 g/mol. The number of hydrogen-bond acceptors (Lipinski definition) is 5. The van der Waals surface area contributed by atoms with Crippen LogP contribution in [0.15, 0.2) is 127 Å². The number of amides is 2. The fourth-order valence-corrected chi connectivity index (χ4v) is 3.61. The summed E-state index contributed by atoms with van der Waals surface area (Å²) in [4.78, 5) is 30.3. The lowest BCUT2D eigenvalue weighted by atomic mass is 10.2. The van der Waals surface area contributed by atoms with Crippen molar-refractivity contribution in [3.05, 3.63) is 139 Å². The molecular weight excluding hydrogens is 478 g/mol. The van der Waals surface area contributed by atoms with Gasteiger partial charge in [0.15, 0.2) is 11.5 Å². The lowest BCUT2D eigenvalue weighted by Gasteiger charge is -2.13. The molecule has 186 valence electrons. The monoisotopic (exact) mass is 501 g/mol. The van der Waals surface area contributed by atoms with Crippen molar-refractivity contribution in [2.45, 2.75) is 0 Å². The molecule has 4 aromatic carbocycles. The highest BCUT2D eigenvalue weighted by Gasteiger charge is 2.16. The Balaban J connectivity index is 1.30. The Morgan fingerprint density at radius 2 is 0.868 bits per heavy atom. The van der Waals surface area contributed by atoms with Gasteiger partial charge in [-0.3, -0.25) is 9.59 Å². The molecule has 5 rings (SSSR count). The second-order valence-corrected chi connectivity index (χ2v) is 8.14. The Hall–Kier alpha value is -5.43. The summed E-state index contributed by atoms with van der Waals surface area (Å²) in [5.74, 6) is 1.30. The number of aromatic nitrogens is 1. The Bertz CT molecular complexity index is 1440. The molecule has 0 aliphatic heterocycles. The molecule has 2 amide bonds. The summed E-state index contributed by atoms with van der Waals surface area (Å²) < 4.78 is 11.8. The highest BCUT2D eigenvalue weighted by molar-refractivity contribution is 6.07. The first-order valence-electron chi connectivity index (χ1n) is 11.9. The van der Waals surface area contributed by atoms with Gasteiger partial charge in [-0.2, -0.15) is 0 Å². The quantitative estimate of drug-likeness (QED) is 0.235. The molecule has 0 fully saturated rings. The highest BCUT2D eigenvalue weighted by Crippen LogP contribution is 2.30. The predicted octanol–water partition coefficient (Wildman–Crippen LogP) is 7.17. The van der Waals surface area contributed by atoms with Crippen molar-refractivity contribution in [3.63, 3.8) is 0 Å². The van der Waals surface area contributed by atoms with E-state index in [0.29, 0.717) is 34.4 Å². The van der Waals surface area contributed by atoms with Crippen LogP contribution >= 0.6 is 0 Å². The van der Waals surface area contributed by atoms with Gasteiger partial charge in [0.2, 0.25) is 0 Å². The minimum Gasteiger partial charge on any atom is -0.455 e. The Morgan fingerprint density at radius 3 is 1.32 bits per heavy atom. The minimum atomic E-state index is -0.475. The minimum absolute atomic E-state index is 0.0842. The average Bonchev–Trinajstić information content (AvgIpc) is 2.96. The van der Waals surface area contributed by atoms with Crippen molar-refractivity contribution in [2.75, 3.05) is 10.6 Å². The first kappa shape index (κ1) is 24.3. The van der Waals surface area contributed by atoms with Crippen molar-refractivity contribution >= 4 is 23.2 Å². The van der Waals surface area contributed by atoms with Crippen LogP contribution in [0, 0.1) is 0 Å². The second kappa shape index (κ2) is 11.5. The van der Waals surface area contributed by atoms with E-state index in [-0.39, 0.29) is 11.4 Å². The molecule has 0 aliphatic carbocycles. The molecule has 0 saturated carbocycles. The first-order chi connectivity index (χ1) is 18.7. The summed E-state index contributed by atoms with van der Waals surface area (Å²) in [7, 11) is 0. The van der Waals surface area contributed by atoms with Crippen LogP contribution in [0.2, 0.25) is 0 Å². The number of rotatable bonds is 8. The summed E-state index contributed by atoms with van der Waals surface area (Å²) in [5.41, 5.74) is 1.12. The SMILES string of the molecule is O=C(Nc1ccccc1Oc1ccccc1)c1cccc(C(=O)Nc2ccccc2Oc2ccccc2)n1. The number of pyridine rings is 1. The number of para-hydroxylation sites is 6. The number of nitrogens with one attached hydrogen (secondary N) is 2. The van der Waals surface area contributed by atoms with E-state index in [1.165, 1.54) is 0 Å². The van der Waals surface area contributed by atoms with Gasteiger partial charge in [-0.25, -0.2) is 4.98 Å². The van der Waals surface area contributed by atoms with Crippen molar-refractivity contribution in [3.8, 4) is 23.0 Å². The van der Waals surface area contributed by atoms with E-state index >= 15 is 0 Å². The Labute approximate surface area is 219 Å². The molecule has 0 aliphatic rings. The van der Waals surface area contributed by atoms with Crippen molar-refractivity contribution < 1.29 is 19.1 Å². The van der Waals surface area contributed by atoms with Crippen LogP contribution in [0.1, 0.15) is 21.0 Å². The topological polar surface area (TPSA) is 89.5 Å². The molecule has 0 bridgehead atoms. The maximum Gasteiger partial charge on any atom is 0.274 e. The van der Waals surface area contributed by atoms with Crippen molar-refractivity contribution in [2.24, 2.45) is 0 Å². The molecule has 7 heteroatoms. The zero-order valence-electron chi connectivity index (χ0n) is 20.2. The molecule has 0 radical (unpaired) electrons. The van der Waals surface area contributed by atoms with E-state index < -0.39 is 11.8 Å². The van der Waals surface area contributed by atoms with E-state index in [1.54, 1.807) is 54.6 Å². The number of ether oxygens (including phenoxy) is 2. The normalized spacial score (nSPS) is 10.3. The summed E-state index contributed by atoms with van der Waals surface area (Å²) in [6.45, 7) is 0. The fourth-order valence-electron chi connectivity index (χ4n) is 3.61. The smallest absolute Gasteiger partial charge is 0.274 e. The van der Waals surface area contributed by atoms with E-state index in [2.05, 4.69) is 15.6 Å². The maximum atomic E-state index is 13.0. The van der Waals surface area contributed by atoms with Crippen LogP contribution in [0.4, 0.5) is 11.4 Å². The molecule has 0 spiro atoms. The molecular formula is C31H23N3O4. The first-order valence-corrected chi connectivity index (χ1v) is 11.9. The molecule has 7 nitrogen and oxygen atoms in total. The summed E-state index contributed by atoms with van der Waals surface area (Å²) >= 11 is 0. The number of carbonyl (C=O) groups is 2. The zero-order valence-corrected chi connectivity index (χ0v) is 20.2. The lowest BCUT2D eigenvalue weighted by molar-refractivity contribution is 0.101. The van der Waals surface area contributed by atoms with Gasteiger partial charge >= 0.3 is 0 Å². The third kappa shape index (κ3) is 6.03. The van der Waals surface area contributed by atoms with Gasteiger partial charge in [-0.1, -0.05) is 66.7 Å². The number of anilines is 2. The zero-order chi connectivity index (χ0) is 26.2. The summed E-state index contributed by atoms with van der Waals surface area (Å²) in [5, 5.41) is 5.64. The molecule has 0 unspecified atom stereocenters. The van der Waals surface area contributed by atoms with Crippen LogP contribution in [0.25, 0.3) is 0 Å². The number of carbonyl (C=O) groups excluding carboxylic acids is 2. The Kier molecular flexibility index (Phi) is 7.37. The largest absolute Gasteiger partial charge is 0.455 e. The Morgan fingerprint density at radius 1 is 0.474 bits per heavy atom. The van der Waals surface area contributed by atoms with E-state index in [9.17, 15) is 9.59 Å². The predicted molar refractivity (Wildman–Crippen MR) is 146 cm³/mol. The van der Waals surface area contributed by atoms with Crippen molar-refractivity contribution in [1.82, 2.24) is 4.98 Å². The second-order valence-electron chi connectivity index (χ2n) is 8.14. The van der Waals surface area contributed by atoms with Crippen LogP contribution in [-0.2, 0) is 0 Å². The van der Waals surface area contributed by atoms with E-state index in [0.717, 1.165) is 0 Å². The number of nitrogens with zero attached hydrogens (tertiary/aromatic N) is 1. The lowest BCUT2D eigenvalue weighted by Crippen LogP contribution is -2.19. The third-order valence-electron chi connectivity index (χ3n) is 5.43. The van der Waals surface area contributed by atoms with Gasteiger partial charge in [-0.05, 0) is 60.7 Å². The van der Waals surface area contributed by atoms with Gasteiger partial charge in [0.05, 0.1) is 11.4 Å². The van der Waals surface area contributed by atoms with E-state index in [1.807, 2.05) is 72.8 Å². The molecule has 5 aromatic rings. The van der Waals surface area contributed by atoms with Gasteiger partial charge in [0.25, 0.3) is 11.8 Å². The van der Waals surface area contributed by atoms with Gasteiger partial charge in [0, 0.05) is 0 Å². The van der Waals surface area contributed by atoms with Crippen molar-refractivity contribution in [1.29, 1.82) is 0 Å². The summed E-state index contributed by atoms with van der Waals surface area (Å²) in [6.07, 6.45) is 0.